The molecule has 0 atom stereocenters. The molecule has 13 heavy (non-hydrogen) atoms. The molecule has 0 bridgehead atoms. The zero-order valence-corrected chi connectivity index (χ0v) is 9.53. The average Bonchev–Trinajstić information content (AvgIpc) is 2.56. The van der Waals surface area contributed by atoms with Crippen LogP contribution >= 0.6 is 31.9 Å². The maximum atomic E-state index is 4.19. The quantitative estimate of drug-likeness (QED) is 0.811. The van der Waals surface area contributed by atoms with E-state index in [1.54, 1.807) is 17.2 Å². The monoisotopic (exact) mass is 302 g/mol. The lowest BCUT2D eigenvalue weighted by atomic mass is 10.5. The molecule has 0 saturated carbocycles. The molecule has 66 valence electrons. The van der Waals surface area contributed by atoms with E-state index < -0.39 is 0 Å². The first-order valence-corrected chi connectivity index (χ1v) is 5.02. The van der Waals surface area contributed by atoms with Crippen LogP contribution in [0.1, 0.15) is 0 Å². The van der Waals surface area contributed by atoms with Crippen LogP contribution in [-0.2, 0) is 0 Å². The summed E-state index contributed by atoms with van der Waals surface area (Å²) >= 11 is 6.71. The minimum Gasteiger partial charge on any atom is -0.235 e. The van der Waals surface area contributed by atoms with E-state index in [2.05, 4.69) is 46.9 Å². The second-order valence-electron chi connectivity index (χ2n) is 2.30. The molecular weight excluding hydrogens is 300 g/mol. The van der Waals surface area contributed by atoms with Crippen molar-refractivity contribution in [3.05, 3.63) is 33.9 Å². The summed E-state index contributed by atoms with van der Waals surface area (Å²) in [6, 6.07) is 1.91. The zero-order valence-electron chi connectivity index (χ0n) is 6.35. The number of hydrogen-bond donors (Lipinski definition) is 0. The molecule has 2 aromatic heterocycles. The summed E-state index contributed by atoms with van der Waals surface area (Å²) in [6.07, 6.45) is 4.78. The molecule has 2 aromatic rings. The molecule has 0 aliphatic heterocycles. The normalized spacial score (nSPS) is 10.3. The van der Waals surface area contributed by atoms with Crippen LogP contribution in [-0.4, -0.2) is 19.7 Å². The van der Waals surface area contributed by atoms with Crippen LogP contribution in [0.3, 0.4) is 0 Å². The van der Waals surface area contributed by atoms with Crippen molar-refractivity contribution in [3.8, 4) is 5.82 Å². The van der Waals surface area contributed by atoms with Crippen LogP contribution in [0.4, 0.5) is 0 Å². The lowest BCUT2D eigenvalue weighted by Crippen LogP contribution is -1.98. The van der Waals surface area contributed by atoms with Gasteiger partial charge < -0.3 is 0 Å². The van der Waals surface area contributed by atoms with E-state index in [0.29, 0.717) is 0 Å². The van der Waals surface area contributed by atoms with Crippen molar-refractivity contribution in [1.29, 1.82) is 0 Å². The van der Waals surface area contributed by atoms with Gasteiger partial charge in [0.05, 0.1) is 4.47 Å². The van der Waals surface area contributed by atoms with Gasteiger partial charge in [0.15, 0.2) is 5.82 Å². The summed E-state index contributed by atoms with van der Waals surface area (Å²) in [7, 11) is 0. The largest absolute Gasteiger partial charge is 0.235 e. The van der Waals surface area contributed by atoms with Gasteiger partial charge in [0, 0.05) is 10.7 Å². The van der Waals surface area contributed by atoms with Crippen LogP contribution in [0.5, 0.6) is 0 Å². The van der Waals surface area contributed by atoms with Gasteiger partial charge in [-0.3, -0.25) is 0 Å². The molecule has 0 amide bonds. The molecule has 0 aromatic carbocycles. The van der Waals surface area contributed by atoms with E-state index in [-0.39, 0.29) is 0 Å². The molecule has 0 aliphatic rings. The van der Waals surface area contributed by atoms with Gasteiger partial charge in [-0.05, 0) is 37.9 Å². The molecule has 0 N–H and O–H groups in total. The zero-order chi connectivity index (χ0) is 9.26. The van der Waals surface area contributed by atoms with Gasteiger partial charge in [-0.1, -0.05) is 0 Å². The molecule has 2 heterocycles. The third-order valence-corrected chi connectivity index (χ3v) is 2.44. The Morgan fingerprint density at radius 2 is 2.15 bits per heavy atom. The predicted octanol–water partition coefficient (Wildman–Crippen LogP) is 2.19. The van der Waals surface area contributed by atoms with Gasteiger partial charge in [0.1, 0.15) is 12.7 Å². The molecule has 0 saturated heterocycles. The lowest BCUT2D eigenvalue weighted by molar-refractivity contribution is 0.839. The van der Waals surface area contributed by atoms with Crippen LogP contribution in [0.25, 0.3) is 5.82 Å². The van der Waals surface area contributed by atoms with E-state index in [0.717, 1.165) is 14.8 Å². The summed E-state index contributed by atoms with van der Waals surface area (Å²) in [5, 5.41) is 3.97. The number of rotatable bonds is 1. The SMILES string of the molecule is Brc1cnc(-n2cncn2)c(Br)c1. The van der Waals surface area contributed by atoms with E-state index in [9.17, 15) is 0 Å². The molecule has 0 fully saturated rings. The Morgan fingerprint density at radius 3 is 2.77 bits per heavy atom. The Bertz CT molecular complexity index is 412. The molecule has 0 radical (unpaired) electrons. The summed E-state index contributed by atoms with van der Waals surface area (Å²) in [4.78, 5) is 8.03. The van der Waals surface area contributed by atoms with Crippen LogP contribution < -0.4 is 0 Å². The maximum absolute atomic E-state index is 4.19. The van der Waals surface area contributed by atoms with E-state index in [1.165, 1.54) is 6.33 Å². The minimum atomic E-state index is 0.723. The maximum Gasteiger partial charge on any atom is 0.169 e. The lowest BCUT2D eigenvalue weighted by Gasteiger charge is -2.01. The fourth-order valence-corrected chi connectivity index (χ4v) is 2.06. The Kier molecular flexibility index (Phi) is 2.41. The third kappa shape index (κ3) is 1.78. The van der Waals surface area contributed by atoms with Gasteiger partial charge >= 0.3 is 0 Å². The molecule has 0 spiro atoms. The van der Waals surface area contributed by atoms with E-state index >= 15 is 0 Å². The molecule has 2 rings (SSSR count). The van der Waals surface area contributed by atoms with Gasteiger partial charge in [-0.15, -0.1) is 0 Å². The fourth-order valence-electron chi connectivity index (χ4n) is 0.894. The fraction of sp³-hybridized carbons (Fsp3) is 0. The van der Waals surface area contributed by atoms with Crippen molar-refractivity contribution in [1.82, 2.24) is 19.7 Å². The van der Waals surface area contributed by atoms with Crippen LogP contribution in [0.2, 0.25) is 0 Å². The van der Waals surface area contributed by atoms with E-state index in [1.807, 2.05) is 6.07 Å². The van der Waals surface area contributed by atoms with Crippen molar-refractivity contribution in [3.63, 3.8) is 0 Å². The number of pyridine rings is 1. The van der Waals surface area contributed by atoms with Crippen LogP contribution in [0, 0.1) is 0 Å². The van der Waals surface area contributed by atoms with Crippen LogP contribution in [0.15, 0.2) is 33.9 Å². The Labute approximate surface area is 91.3 Å². The second-order valence-corrected chi connectivity index (χ2v) is 4.07. The van der Waals surface area contributed by atoms with E-state index in [4.69, 9.17) is 0 Å². The number of nitrogens with zero attached hydrogens (tertiary/aromatic N) is 4. The highest BCUT2D eigenvalue weighted by Crippen LogP contribution is 2.21. The van der Waals surface area contributed by atoms with Crippen molar-refractivity contribution < 1.29 is 0 Å². The Morgan fingerprint density at radius 1 is 1.31 bits per heavy atom. The smallest absolute Gasteiger partial charge is 0.169 e. The number of halogens is 2. The summed E-state index contributed by atoms with van der Waals surface area (Å²) in [6.45, 7) is 0. The van der Waals surface area contributed by atoms with Crippen molar-refractivity contribution in [2.75, 3.05) is 0 Å². The number of aromatic nitrogens is 4. The summed E-state index contributed by atoms with van der Waals surface area (Å²) in [5.41, 5.74) is 0. The minimum absolute atomic E-state index is 0.723. The predicted molar refractivity (Wildman–Crippen MR) is 54.6 cm³/mol. The van der Waals surface area contributed by atoms with Gasteiger partial charge in [-0.25, -0.2) is 14.6 Å². The molecule has 6 heteroatoms. The second kappa shape index (κ2) is 3.55. The van der Waals surface area contributed by atoms with Crippen molar-refractivity contribution >= 4 is 31.9 Å². The van der Waals surface area contributed by atoms with Crippen molar-refractivity contribution in [2.24, 2.45) is 0 Å². The Balaban J connectivity index is 2.53. The van der Waals surface area contributed by atoms with Gasteiger partial charge in [0.2, 0.25) is 0 Å². The molecule has 0 aliphatic carbocycles. The first-order valence-electron chi connectivity index (χ1n) is 3.43. The molecule has 0 unspecified atom stereocenters. The van der Waals surface area contributed by atoms with Gasteiger partial charge in [0.25, 0.3) is 0 Å². The topological polar surface area (TPSA) is 43.6 Å². The summed E-state index contributed by atoms with van der Waals surface area (Å²) < 4.78 is 3.38. The molecule has 4 nitrogen and oxygen atoms in total. The standard InChI is InChI=1S/C7H4Br2N4/c8-5-1-6(9)7(11-2-5)13-4-10-3-12-13/h1-4H. The first kappa shape index (κ1) is 8.83. The third-order valence-electron chi connectivity index (χ3n) is 1.42. The highest BCUT2D eigenvalue weighted by atomic mass is 79.9. The Hall–Kier alpha value is -0.750. The number of hydrogen-bond acceptors (Lipinski definition) is 3. The van der Waals surface area contributed by atoms with Gasteiger partial charge in [-0.2, -0.15) is 5.10 Å². The highest BCUT2D eigenvalue weighted by molar-refractivity contribution is 9.11. The average molecular weight is 304 g/mol. The summed E-state index contributed by atoms with van der Waals surface area (Å²) in [5.74, 6) is 0.723. The van der Waals surface area contributed by atoms with Crippen molar-refractivity contribution in [2.45, 2.75) is 0 Å². The highest BCUT2D eigenvalue weighted by Gasteiger charge is 2.04. The first-order chi connectivity index (χ1) is 6.27. The molecular formula is C7H4Br2N4.